The van der Waals surface area contributed by atoms with E-state index in [0.717, 1.165) is 59.7 Å². The Kier molecular flexibility index (Phi) is 8.64. The van der Waals surface area contributed by atoms with Crippen LogP contribution in [0.3, 0.4) is 0 Å². The van der Waals surface area contributed by atoms with Gasteiger partial charge in [-0.25, -0.2) is 0 Å². The Morgan fingerprint density at radius 1 is 1.12 bits per heavy atom. The van der Waals surface area contributed by atoms with Gasteiger partial charge in [0.25, 0.3) is 5.91 Å². The Hall–Kier alpha value is -2.00. The van der Waals surface area contributed by atoms with Gasteiger partial charge in [-0.15, -0.1) is 0 Å². The third-order valence-electron chi connectivity index (χ3n) is 6.13. The second kappa shape index (κ2) is 11.2. The van der Waals surface area contributed by atoms with E-state index in [1.807, 2.05) is 24.3 Å². The molecule has 1 saturated heterocycles. The van der Waals surface area contributed by atoms with Crippen LogP contribution in [0, 0.1) is 3.57 Å². The minimum atomic E-state index is 0.0476. The second-order valence-corrected chi connectivity index (χ2v) is 9.78. The molecule has 1 aliphatic rings. The molecule has 3 rings (SSSR count). The summed E-state index contributed by atoms with van der Waals surface area (Å²) in [6.45, 7) is 7.29. The van der Waals surface area contributed by atoms with Crippen molar-refractivity contribution in [3.8, 4) is 5.75 Å². The number of para-hydroxylation sites is 3. The van der Waals surface area contributed by atoms with Crippen LogP contribution in [0.15, 0.2) is 42.5 Å². The molecule has 1 heterocycles. The smallest absolute Gasteiger partial charge is 0.255 e. The summed E-state index contributed by atoms with van der Waals surface area (Å²) in [5.74, 6) is 0.988. The third-order valence-corrected chi connectivity index (χ3v) is 7.01. The predicted molar refractivity (Wildman–Crippen MR) is 141 cm³/mol. The largest absolute Gasteiger partial charge is 0.495 e. The summed E-state index contributed by atoms with van der Waals surface area (Å²) in [6.07, 6.45) is 1.05. The zero-order valence-corrected chi connectivity index (χ0v) is 22.0. The lowest BCUT2D eigenvalue weighted by Crippen LogP contribution is -2.52. The lowest BCUT2D eigenvalue weighted by Gasteiger charge is -2.41. The molecule has 1 atom stereocenters. The molecule has 0 aliphatic carbocycles. The molecule has 0 N–H and O–H groups in total. The van der Waals surface area contributed by atoms with Crippen molar-refractivity contribution in [3.05, 3.63) is 51.6 Å². The van der Waals surface area contributed by atoms with Gasteiger partial charge in [0.05, 0.1) is 24.0 Å². The fourth-order valence-electron chi connectivity index (χ4n) is 4.38. The maximum atomic E-state index is 12.7. The van der Waals surface area contributed by atoms with Crippen molar-refractivity contribution in [1.29, 1.82) is 0 Å². The number of amides is 1. The minimum absolute atomic E-state index is 0.0476. The number of nitrogens with zero attached hydrogens (tertiary/aromatic N) is 4. The fourth-order valence-corrected chi connectivity index (χ4v) is 5.29. The molecule has 174 valence electrons. The van der Waals surface area contributed by atoms with Gasteiger partial charge in [-0.2, -0.15) is 0 Å². The Bertz CT molecular complexity index is 921. The molecule has 6 nitrogen and oxygen atoms in total. The van der Waals surface area contributed by atoms with Crippen LogP contribution in [-0.2, 0) is 0 Å². The molecule has 0 spiro atoms. The van der Waals surface area contributed by atoms with Crippen molar-refractivity contribution >= 4 is 39.9 Å². The van der Waals surface area contributed by atoms with E-state index >= 15 is 0 Å². The van der Waals surface area contributed by atoms with Crippen molar-refractivity contribution in [1.82, 2.24) is 9.80 Å². The van der Waals surface area contributed by atoms with Crippen LogP contribution in [0.2, 0.25) is 0 Å². The van der Waals surface area contributed by atoms with E-state index in [9.17, 15) is 4.79 Å². The van der Waals surface area contributed by atoms with Crippen LogP contribution in [0.25, 0.3) is 0 Å². The first kappa shape index (κ1) is 24.6. The van der Waals surface area contributed by atoms with Gasteiger partial charge in [0, 0.05) is 63.5 Å². The molecule has 1 amide bonds. The first-order valence-electron chi connectivity index (χ1n) is 11.2. The maximum Gasteiger partial charge on any atom is 0.255 e. The number of piperazine rings is 1. The molecule has 0 radical (unpaired) electrons. The Morgan fingerprint density at radius 2 is 1.88 bits per heavy atom. The van der Waals surface area contributed by atoms with Gasteiger partial charge in [0.2, 0.25) is 0 Å². The molecule has 7 heteroatoms. The molecule has 0 saturated carbocycles. The Labute approximate surface area is 206 Å². The van der Waals surface area contributed by atoms with Gasteiger partial charge in [-0.3, -0.25) is 9.69 Å². The highest BCUT2D eigenvalue weighted by Gasteiger charge is 2.25. The van der Waals surface area contributed by atoms with E-state index in [4.69, 9.17) is 4.74 Å². The zero-order valence-electron chi connectivity index (χ0n) is 19.8. The van der Waals surface area contributed by atoms with E-state index in [1.54, 1.807) is 26.1 Å². The van der Waals surface area contributed by atoms with E-state index in [2.05, 4.69) is 69.5 Å². The monoisotopic (exact) mass is 550 g/mol. The van der Waals surface area contributed by atoms with Gasteiger partial charge in [-0.05, 0) is 60.2 Å². The van der Waals surface area contributed by atoms with Crippen LogP contribution in [0.4, 0.5) is 11.4 Å². The number of benzene rings is 2. The standard InChI is InChI=1S/C25H35IN4O2/c1-19-18-30(22-12-6-7-13-23(22)32-5)17-16-29(19)15-9-14-28(4)24-20(25(31)27(2)3)10-8-11-21(24)26/h6-8,10-13,19H,9,14-18H2,1-5H3. The zero-order chi connectivity index (χ0) is 23.3. The van der Waals surface area contributed by atoms with Gasteiger partial charge >= 0.3 is 0 Å². The van der Waals surface area contributed by atoms with Crippen molar-refractivity contribution < 1.29 is 9.53 Å². The average molecular weight is 550 g/mol. The highest BCUT2D eigenvalue weighted by atomic mass is 127. The van der Waals surface area contributed by atoms with Gasteiger partial charge < -0.3 is 19.4 Å². The molecule has 1 aliphatic heterocycles. The van der Waals surface area contributed by atoms with Crippen molar-refractivity contribution in [3.63, 3.8) is 0 Å². The van der Waals surface area contributed by atoms with Crippen LogP contribution in [-0.4, -0.2) is 82.7 Å². The molecule has 2 aromatic rings. The number of ether oxygens (including phenoxy) is 1. The predicted octanol–water partition coefficient (Wildman–Crippen LogP) is 4.04. The number of hydrogen-bond donors (Lipinski definition) is 0. The topological polar surface area (TPSA) is 39.3 Å². The van der Waals surface area contributed by atoms with E-state index in [0.29, 0.717) is 6.04 Å². The highest BCUT2D eigenvalue weighted by molar-refractivity contribution is 14.1. The summed E-state index contributed by atoms with van der Waals surface area (Å²) < 4.78 is 6.66. The molecule has 0 bridgehead atoms. The molecular weight excluding hydrogens is 515 g/mol. The minimum Gasteiger partial charge on any atom is -0.495 e. The second-order valence-electron chi connectivity index (χ2n) is 8.61. The van der Waals surface area contributed by atoms with Crippen LogP contribution in [0.1, 0.15) is 23.7 Å². The summed E-state index contributed by atoms with van der Waals surface area (Å²) in [7, 11) is 7.43. The number of anilines is 2. The van der Waals surface area contributed by atoms with Crippen molar-refractivity contribution in [2.45, 2.75) is 19.4 Å². The summed E-state index contributed by atoms with van der Waals surface area (Å²) in [4.78, 5) is 21.5. The van der Waals surface area contributed by atoms with Crippen LogP contribution in [0.5, 0.6) is 5.75 Å². The normalized spacial score (nSPS) is 16.7. The first-order chi connectivity index (χ1) is 15.3. The summed E-state index contributed by atoms with van der Waals surface area (Å²) in [6, 6.07) is 14.7. The summed E-state index contributed by atoms with van der Waals surface area (Å²) >= 11 is 2.33. The van der Waals surface area contributed by atoms with E-state index in [1.165, 1.54) is 5.69 Å². The maximum absolute atomic E-state index is 12.7. The first-order valence-corrected chi connectivity index (χ1v) is 12.2. The number of halogens is 1. The molecule has 1 fully saturated rings. The Morgan fingerprint density at radius 3 is 2.56 bits per heavy atom. The van der Waals surface area contributed by atoms with E-state index in [-0.39, 0.29) is 5.91 Å². The Balaban J connectivity index is 1.57. The SMILES string of the molecule is COc1ccccc1N1CCN(CCCN(C)c2c(I)cccc2C(=O)N(C)C)C(C)C1. The van der Waals surface area contributed by atoms with Crippen LogP contribution < -0.4 is 14.5 Å². The van der Waals surface area contributed by atoms with Gasteiger partial charge in [0.15, 0.2) is 0 Å². The quantitative estimate of drug-likeness (QED) is 0.465. The molecule has 1 unspecified atom stereocenters. The number of methoxy groups -OCH3 is 1. The van der Waals surface area contributed by atoms with Crippen LogP contribution >= 0.6 is 22.6 Å². The fraction of sp³-hybridized carbons (Fsp3) is 0.480. The molecule has 32 heavy (non-hydrogen) atoms. The molecular formula is C25H35IN4O2. The van der Waals surface area contributed by atoms with Crippen molar-refractivity contribution in [2.24, 2.45) is 0 Å². The average Bonchev–Trinajstić information content (AvgIpc) is 2.79. The van der Waals surface area contributed by atoms with Gasteiger partial charge in [-0.1, -0.05) is 18.2 Å². The number of carbonyl (C=O) groups is 1. The van der Waals surface area contributed by atoms with Crippen molar-refractivity contribution in [2.75, 3.05) is 70.8 Å². The molecule has 2 aromatic carbocycles. The number of carbonyl (C=O) groups excluding carboxylic acids is 1. The van der Waals surface area contributed by atoms with E-state index < -0.39 is 0 Å². The lowest BCUT2D eigenvalue weighted by atomic mass is 10.1. The summed E-state index contributed by atoms with van der Waals surface area (Å²) in [5.41, 5.74) is 2.97. The summed E-state index contributed by atoms with van der Waals surface area (Å²) in [5, 5.41) is 0. The van der Waals surface area contributed by atoms with Gasteiger partial charge in [0.1, 0.15) is 5.75 Å². The number of rotatable bonds is 8. The molecule has 0 aromatic heterocycles. The lowest BCUT2D eigenvalue weighted by molar-refractivity contribution is 0.0828. The number of hydrogen-bond acceptors (Lipinski definition) is 5. The highest BCUT2D eigenvalue weighted by Crippen LogP contribution is 2.30. The third kappa shape index (κ3) is 5.67.